The molecule has 8 heteroatoms. The van der Waals surface area contributed by atoms with Crippen molar-refractivity contribution in [2.75, 3.05) is 10.6 Å². The highest BCUT2D eigenvalue weighted by Gasteiger charge is 2.24. The van der Waals surface area contributed by atoms with Crippen molar-refractivity contribution < 1.29 is 14.3 Å². The number of primary amides is 1. The van der Waals surface area contributed by atoms with Crippen LogP contribution in [-0.2, 0) is 0 Å². The third-order valence-corrected chi connectivity index (χ3v) is 4.35. The molecule has 1 unspecified atom stereocenters. The third-order valence-electron chi connectivity index (χ3n) is 4.35. The van der Waals surface area contributed by atoms with Crippen molar-refractivity contribution in [3.05, 3.63) is 23.5 Å². The van der Waals surface area contributed by atoms with Gasteiger partial charge in [0.05, 0.1) is 16.9 Å². The highest BCUT2D eigenvalue weighted by Crippen LogP contribution is 2.28. The van der Waals surface area contributed by atoms with Crippen LogP contribution in [0.15, 0.2) is 12.1 Å². The molecule has 1 aromatic carbocycles. The maximum Gasteiger partial charge on any atom is 0.250 e. The van der Waals surface area contributed by atoms with Crippen molar-refractivity contribution in [1.29, 1.82) is 5.41 Å². The van der Waals surface area contributed by atoms with Gasteiger partial charge in [-0.05, 0) is 31.9 Å². The molecular weight excluding hydrogens is 325 g/mol. The zero-order valence-electron chi connectivity index (χ0n) is 14.3. The summed E-state index contributed by atoms with van der Waals surface area (Å²) in [5.74, 6) is -1.41. The molecule has 1 amide bonds. The molecular formula is C17H26FN5O2. The van der Waals surface area contributed by atoms with Crippen molar-refractivity contribution in [3.63, 3.8) is 0 Å². The van der Waals surface area contributed by atoms with Gasteiger partial charge in [-0.1, -0.05) is 12.8 Å². The van der Waals surface area contributed by atoms with E-state index in [-0.39, 0.29) is 41.2 Å². The number of benzene rings is 1. The maximum absolute atomic E-state index is 14.4. The molecule has 0 bridgehead atoms. The first kappa shape index (κ1) is 19.1. The average Bonchev–Trinajstić information content (AvgIpc) is 2.51. The number of hydrogen-bond donors (Lipinski definition) is 6. The van der Waals surface area contributed by atoms with Crippen LogP contribution in [0.2, 0.25) is 0 Å². The summed E-state index contributed by atoms with van der Waals surface area (Å²) >= 11 is 0. The Morgan fingerprint density at radius 1 is 1.40 bits per heavy atom. The first-order valence-electron chi connectivity index (χ1n) is 8.42. The first-order chi connectivity index (χ1) is 11.8. The van der Waals surface area contributed by atoms with E-state index in [2.05, 4.69) is 10.6 Å². The van der Waals surface area contributed by atoms with Gasteiger partial charge in [-0.15, -0.1) is 0 Å². The van der Waals surface area contributed by atoms with Crippen molar-refractivity contribution in [3.8, 4) is 0 Å². The number of anilines is 2. The molecule has 1 aliphatic carbocycles. The van der Waals surface area contributed by atoms with Crippen LogP contribution >= 0.6 is 0 Å². The zero-order chi connectivity index (χ0) is 18.6. The maximum atomic E-state index is 14.4. The van der Waals surface area contributed by atoms with Gasteiger partial charge in [0.1, 0.15) is 12.0 Å². The monoisotopic (exact) mass is 351 g/mol. The second-order valence-corrected chi connectivity index (χ2v) is 6.59. The van der Waals surface area contributed by atoms with Gasteiger partial charge in [0.25, 0.3) is 5.91 Å². The van der Waals surface area contributed by atoms with E-state index < -0.39 is 18.0 Å². The summed E-state index contributed by atoms with van der Waals surface area (Å²) in [5.41, 5.74) is 12.0. The van der Waals surface area contributed by atoms with Crippen LogP contribution < -0.4 is 22.1 Å². The summed E-state index contributed by atoms with van der Waals surface area (Å²) in [6, 6.07) is 2.35. The lowest BCUT2D eigenvalue weighted by Crippen LogP contribution is -2.42. The Morgan fingerprint density at radius 3 is 2.68 bits per heavy atom. The third kappa shape index (κ3) is 5.14. The van der Waals surface area contributed by atoms with Gasteiger partial charge in [0.2, 0.25) is 0 Å². The number of carbonyl (C=O) groups excluding carboxylic acids is 1. The predicted molar refractivity (Wildman–Crippen MR) is 96.4 cm³/mol. The molecule has 1 aliphatic rings. The Hall–Kier alpha value is -2.19. The quantitative estimate of drug-likeness (QED) is 0.328. The molecule has 7 nitrogen and oxygen atoms in total. The second-order valence-electron chi connectivity index (χ2n) is 6.59. The average molecular weight is 351 g/mol. The molecule has 1 aromatic rings. The van der Waals surface area contributed by atoms with E-state index in [1.807, 2.05) is 0 Å². The molecule has 25 heavy (non-hydrogen) atoms. The van der Waals surface area contributed by atoms with Crippen LogP contribution in [0.5, 0.6) is 0 Å². The van der Waals surface area contributed by atoms with Gasteiger partial charge in [-0.25, -0.2) is 4.39 Å². The van der Waals surface area contributed by atoms with Crippen molar-refractivity contribution in [2.24, 2.45) is 11.5 Å². The highest BCUT2D eigenvalue weighted by molar-refractivity contribution is 5.99. The van der Waals surface area contributed by atoms with E-state index in [0.29, 0.717) is 0 Å². The lowest BCUT2D eigenvalue weighted by Gasteiger charge is -2.30. The molecule has 0 radical (unpaired) electrons. The van der Waals surface area contributed by atoms with E-state index in [1.54, 1.807) is 6.92 Å². The molecule has 138 valence electrons. The van der Waals surface area contributed by atoms with E-state index in [1.165, 1.54) is 6.07 Å². The van der Waals surface area contributed by atoms with E-state index >= 15 is 0 Å². The fourth-order valence-corrected chi connectivity index (χ4v) is 3.07. The second kappa shape index (κ2) is 8.26. The number of amides is 1. The summed E-state index contributed by atoms with van der Waals surface area (Å²) in [6.45, 7) is 1.56. The summed E-state index contributed by atoms with van der Waals surface area (Å²) in [4.78, 5) is 11.6. The van der Waals surface area contributed by atoms with E-state index in [9.17, 15) is 14.3 Å². The van der Waals surface area contributed by atoms with E-state index in [4.69, 9.17) is 16.9 Å². The Morgan fingerprint density at radius 2 is 2.08 bits per heavy atom. The number of carbonyl (C=O) groups is 1. The van der Waals surface area contributed by atoms with Crippen LogP contribution in [0.25, 0.3) is 0 Å². The van der Waals surface area contributed by atoms with Gasteiger partial charge < -0.3 is 32.6 Å². The Kier molecular flexibility index (Phi) is 6.33. The molecule has 2 rings (SSSR count). The number of nitrogens with one attached hydrogen (secondary N) is 3. The minimum atomic E-state index is -1.08. The fraction of sp³-hybridized carbons (Fsp3) is 0.529. The molecule has 0 spiro atoms. The molecule has 8 N–H and O–H groups in total. The van der Waals surface area contributed by atoms with Gasteiger partial charge in [0.15, 0.2) is 0 Å². The summed E-state index contributed by atoms with van der Waals surface area (Å²) < 4.78 is 14.4. The van der Waals surface area contributed by atoms with Crippen LogP contribution in [0.1, 0.15) is 49.4 Å². The molecule has 0 saturated heterocycles. The number of aliphatic hydroxyl groups is 1. The Labute approximate surface area is 146 Å². The van der Waals surface area contributed by atoms with Crippen molar-refractivity contribution in [1.82, 2.24) is 0 Å². The van der Waals surface area contributed by atoms with Crippen LogP contribution in [0, 0.1) is 11.2 Å². The Balaban J connectivity index is 2.26. The summed E-state index contributed by atoms with van der Waals surface area (Å²) in [6.07, 6.45) is 2.80. The molecule has 1 saturated carbocycles. The van der Waals surface area contributed by atoms with E-state index in [0.717, 1.165) is 31.7 Å². The smallest absolute Gasteiger partial charge is 0.250 e. The van der Waals surface area contributed by atoms with Gasteiger partial charge in [0, 0.05) is 24.2 Å². The zero-order valence-corrected chi connectivity index (χ0v) is 14.3. The van der Waals surface area contributed by atoms with Crippen LogP contribution in [0.4, 0.5) is 15.8 Å². The van der Waals surface area contributed by atoms with Crippen LogP contribution in [-0.4, -0.2) is 35.0 Å². The molecule has 0 aromatic heterocycles. The molecule has 3 atom stereocenters. The topological polar surface area (TPSA) is 137 Å². The standard InChI is InChI=1S/C17H26FN5O2/c1-9(19)6-16(24)23-14-8-15(11(18)7-10(14)17(21)25)22-13-5-3-2-4-12(13)20/h7-8,12-13,16,19,22-24H,2-6,20H2,1H3,(H2,21,25)/t12-,13+,16?/m0/s1. The number of rotatable bonds is 7. The van der Waals surface area contributed by atoms with Crippen LogP contribution in [0.3, 0.4) is 0 Å². The van der Waals surface area contributed by atoms with Crippen molar-refractivity contribution >= 4 is 23.0 Å². The van der Waals surface area contributed by atoms with Gasteiger partial charge >= 0.3 is 0 Å². The number of halogens is 1. The highest BCUT2D eigenvalue weighted by atomic mass is 19.1. The largest absolute Gasteiger partial charge is 0.378 e. The predicted octanol–water partition coefficient (Wildman–Crippen LogP) is 1.77. The lowest BCUT2D eigenvalue weighted by atomic mass is 9.91. The number of aliphatic hydroxyl groups excluding tert-OH is 1. The SMILES string of the molecule is CC(=N)CC(O)Nc1cc(N[C@@H]2CCCC[C@@H]2N)c(F)cc1C(N)=O. The normalized spacial score (nSPS) is 21.4. The molecule has 0 aliphatic heterocycles. The van der Waals surface area contributed by atoms with Gasteiger partial charge in [-0.2, -0.15) is 0 Å². The lowest BCUT2D eigenvalue weighted by molar-refractivity contribution is 0.100. The number of nitrogens with two attached hydrogens (primary N) is 2. The fourth-order valence-electron chi connectivity index (χ4n) is 3.07. The van der Waals surface area contributed by atoms with Crippen molar-refractivity contribution in [2.45, 2.75) is 57.3 Å². The minimum Gasteiger partial charge on any atom is -0.378 e. The summed E-state index contributed by atoms with van der Waals surface area (Å²) in [7, 11) is 0. The minimum absolute atomic E-state index is 0.0516. The molecule has 1 fully saturated rings. The number of hydrogen-bond acceptors (Lipinski definition) is 6. The summed E-state index contributed by atoms with van der Waals surface area (Å²) in [5, 5.41) is 23.2. The Bertz CT molecular complexity index is 652. The first-order valence-corrected chi connectivity index (χ1v) is 8.42. The van der Waals surface area contributed by atoms with Gasteiger partial charge in [-0.3, -0.25) is 4.79 Å². The molecule has 0 heterocycles.